The van der Waals surface area contributed by atoms with Crippen LogP contribution in [-0.2, 0) is 14.8 Å². The lowest BCUT2D eigenvalue weighted by atomic mass is 10.1. The predicted molar refractivity (Wildman–Crippen MR) is 136 cm³/mol. The summed E-state index contributed by atoms with van der Waals surface area (Å²) in [5, 5.41) is 5.64. The highest BCUT2D eigenvalue weighted by Gasteiger charge is 2.24. The Bertz CT molecular complexity index is 1290. The van der Waals surface area contributed by atoms with Crippen molar-refractivity contribution < 1.29 is 18.0 Å². The molecule has 0 heterocycles. The second kappa shape index (κ2) is 10.5. The fourth-order valence-corrected chi connectivity index (χ4v) is 4.50. The van der Waals surface area contributed by atoms with E-state index in [2.05, 4.69) is 10.6 Å². The Hall–Kier alpha value is -3.65. The topological polar surface area (TPSA) is 95.6 Å². The number of sulfonamides is 1. The molecular weight excluding hydrogens is 450 g/mol. The third kappa shape index (κ3) is 6.02. The van der Waals surface area contributed by atoms with Crippen LogP contribution in [0.2, 0.25) is 0 Å². The molecule has 8 heteroatoms. The highest BCUT2D eigenvalue weighted by atomic mass is 32.2. The van der Waals surface area contributed by atoms with E-state index in [9.17, 15) is 18.0 Å². The zero-order valence-electron chi connectivity index (χ0n) is 19.7. The molecule has 3 aromatic rings. The molecule has 7 nitrogen and oxygen atoms in total. The third-order valence-electron chi connectivity index (χ3n) is 5.63. The zero-order chi connectivity index (χ0) is 24.9. The van der Waals surface area contributed by atoms with Gasteiger partial charge in [0.2, 0.25) is 15.9 Å². The number of para-hydroxylation sites is 1. The molecule has 3 rings (SSSR count). The van der Waals surface area contributed by atoms with Gasteiger partial charge in [0, 0.05) is 0 Å². The first-order valence-electron chi connectivity index (χ1n) is 10.9. The molecule has 2 amide bonds. The average Bonchev–Trinajstić information content (AvgIpc) is 2.79. The molecular formula is C26H29N3O4S. The Morgan fingerprint density at radius 1 is 0.912 bits per heavy atom. The lowest BCUT2D eigenvalue weighted by Gasteiger charge is -2.24. The van der Waals surface area contributed by atoms with Crippen molar-refractivity contribution in [3.8, 4) is 0 Å². The van der Waals surface area contributed by atoms with Gasteiger partial charge in [-0.15, -0.1) is 0 Å². The number of nitrogens with zero attached hydrogens (tertiary/aromatic N) is 1. The van der Waals surface area contributed by atoms with Crippen LogP contribution in [0.5, 0.6) is 0 Å². The highest BCUT2D eigenvalue weighted by molar-refractivity contribution is 7.92. The zero-order valence-corrected chi connectivity index (χ0v) is 20.5. The predicted octanol–water partition coefficient (Wildman–Crippen LogP) is 4.20. The van der Waals surface area contributed by atoms with E-state index in [0.717, 1.165) is 27.3 Å². The summed E-state index contributed by atoms with van der Waals surface area (Å²) in [6, 6.07) is 21.2. The summed E-state index contributed by atoms with van der Waals surface area (Å²) in [7, 11) is -3.72. The van der Waals surface area contributed by atoms with Crippen molar-refractivity contribution in [2.45, 2.75) is 26.8 Å². The standard InChI is InChI=1S/C26H29N3O4S/c1-18-11-10-16-24(19(18)2)29(34(4,32)33)17-25(30)28-23-15-9-8-14-22(23)26(31)27-20(3)21-12-6-5-7-13-21/h5-16,20H,17H2,1-4H3,(H,27,31)(H,28,30)/t20-/m0/s1. The van der Waals surface area contributed by atoms with Gasteiger partial charge in [0.05, 0.1) is 29.2 Å². The van der Waals surface area contributed by atoms with Crippen molar-refractivity contribution in [3.63, 3.8) is 0 Å². The summed E-state index contributed by atoms with van der Waals surface area (Å²) in [5.74, 6) is -0.899. The van der Waals surface area contributed by atoms with Gasteiger partial charge in [0.25, 0.3) is 5.91 Å². The molecule has 0 radical (unpaired) electrons. The van der Waals surface area contributed by atoms with Crippen LogP contribution >= 0.6 is 0 Å². The molecule has 0 aliphatic carbocycles. The van der Waals surface area contributed by atoms with Gasteiger partial charge in [0.15, 0.2) is 0 Å². The van der Waals surface area contributed by atoms with E-state index < -0.39 is 22.5 Å². The number of rotatable bonds is 8. The molecule has 0 aliphatic rings. The molecule has 0 spiro atoms. The number of amides is 2. The first-order valence-corrected chi connectivity index (χ1v) is 12.7. The Morgan fingerprint density at radius 2 is 1.56 bits per heavy atom. The van der Waals surface area contributed by atoms with Crippen LogP contribution < -0.4 is 14.9 Å². The summed E-state index contributed by atoms with van der Waals surface area (Å²) < 4.78 is 26.1. The number of nitrogens with one attached hydrogen (secondary N) is 2. The molecule has 0 bridgehead atoms. The molecule has 0 unspecified atom stereocenters. The molecule has 178 valence electrons. The maximum atomic E-state index is 12.9. The number of hydrogen-bond donors (Lipinski definition) is 2. The maximum absolute atomic E-state index is 12.9. The van der Waals surface area contributed by atoms with Crippen molar-refractivity contribution in [1.82, 2.24) is 5.32 Å². The minimum atomic E-state index is -3.72. The molecule has 0 aromatic heterocycles. The Labute approximate surface area is 200 Å². The van der Waals surface area contributed by atoms with E-state index in [0.29, 0.717) is 11.4 Å². The summed E-state index contributed by atoms with van der Waals surface area (Å²) in [6.07, 6.45) is 1.06. The minimum absolute atomic E-state index is 0.234. The number of carbonyl (C=O) groups excluding carboxylic acids is 2. The molecule has 2 N–H and O–H groups in total. The average molecular weight is 480 g/mol. The Morgan fingerprint density at radius 3 is 2.24 bits per heavy atom. The van der Waals surface area contributed by atoms with Gasteiger partial charge >= 0.3 is 0 Å². The molecule has 0 saturated heterocycles. The minimum Gasteiger partial charge on any atom is -0.345 e. The monoisotopic (exact) mass is 479 g/mol. The van der Waals surface area contributed by atoms with E-state index in [4.69, 9.17) is 0 Å². The summed E-state index contributed by atoms with van der Waals surface area (Å²) >= 11 is 0. The summed E-state index contributed by atoms with van der Waals surface area (Å²) in [4.78, 5) is 25.9. The molecule has 0 fully saturated rings. The largest absolute Gasteiger partial charge is 0.345 e. The van der Waals surface area contributed by atoms with Crippen molar-refractivity contribution in [1.29, 1.82) is 0 Å². The number of anilines is 2. The van der Waals surface area contributed by atoms with Gasteiger partial charge in [-0.1, -0.05) is 54.6 Å². The summed E-state index contributed by atoms with van der Waals surface area (Å²) in [6.45, 7) is 5.15. The van der Waals surface area contributed by atoms with Gasteiger partial charge < -0.3 is 10.6 Å². The molecule has 3 aromatic carbocycles. The molecule has 34 heavy (non-hydrogen) atoms. The number of hydrogen-bond acceptors (Lipinski definition) is 4. The fraction of sp³-hybridized carbons (Fsp3) is 0.231. The number of aryl methyl sites for hydroxylation is 1. The molecule has 1 atom stereocenters. The highest BCUT2D eigenvalue weighted by Crippen LogP contribution is 2.25. The van der Waals surface area contributed by atoms with Crippen molar-refractivity contribution in [2.24, 2.45) is 0 Å². The second-order valence-electron chi connectivity index (χ2n) is 8.19. The lowest BCUT2D eigenvalue weighted by Crippen LogP contribution is -2.38. The quantitative estimate of drug-likeness (QED) is 0.506. The number of carbonyl (C=O) groups is 2. The maximum Gasteiger partial charge on any atom is 0.253 e. The Kier molecular flexibility index (Phi) is 7.73. The smallest absolute Gasteiger partial charge is 0.253 e. The number of benzene rings is 3. The Balaban J connectivity index is 1.79. The van der Waals surface area contributed by atoms with Gasteiger partial charge in [0.1, 0.15) is 6.54 Å². The molecule has 0 aliphatic heterocycles. The SMILES string of the molecule is Cc1cccc(N(CC(=O)Nc2ccccc2C(=O)N[C@@H](C)c2ccccc2)S(C)(=O)=O)c1C. The van der Waals surface area contributed by atoms with E-state index in [1.54, 1.807) is 36.4 Å². The van der Waals surface area contributed by atoms with Crippen molar-refractivity contribution >= 4 is 33.2 Å². The van der Waals surface area contributed by atoms with Gasteiger partial charge in [-0.25, -0.2) is 8.42 Å². The van der Waals surface area contributed by atoms with Crippen LogP contribution in [0.1, 0.15) is 40.0 Å². The van der Waals surface area contributed by atoms with Crippen LogP contribution in [0.3, 0.4) is 0 Å². The second-order valence-corrected chi connectivity index (χ2v) is 10.1. The van der Waals surface area contributed by atoms with E-state index in [1.807, 2.05) is 57.2 Å². The van der Waals surface area contributed by atoms with Gasteiger partial charge in [-0.2, -0.15) is 0 Å². The van der Waals surface area contributed by atoms with Gasteiger partial charge in [-0.3, -0.25) is 13.9 Å². The third-order valence-corrected chi connectivity index (χ3v) is 6.75. The summed E-state index contributed by atoms with van der Waals surface area (Å²) in [5.41, 5.74) is 3.68. The fourth-order valence-electron chi connectivity index (χ4n) is 3.60. The first-order chi connectivity index (χ1) is 16.1. The van der Waals surface area contributed by atoms with E-state index >= 15 is 0 Å². The van der Waals surface area contributed by atoms with Crippen LogP contribution in [0.4, 0.5) is 11.4 Å². The van der Waals surface area contributed by atoms with Crippen LogP contribution in [-0.4, -0.2) is 33.0 Å². The van der Waals surface area contributed by atoms with Crippen LogP contribution in [0.25, 0.3) is 0 Å². The van der Waals surface area contributed by atoms with Crippen molar-refractivity contribution in [3.05, 3.63) is 95.1 Å². The lowest BCUT2D eigenvalue weighted by molar-refractivity contribution is -0.114. The van der Waals surface area contributed by atoms with Gasteiger partial charge in [-0.05, 0) is 55.7 Å². The molecule has 0 saturated carbocycles. The van der Waals surface area contributed by atoms with E-state index in [-0.39, 0.29) is 17.5 Å². The van der Waals surface area contributed by atoms with Crippen LogP contribution in [0, 0.1) is 13.8 Å². The normalized spacial score (nSPS) is 12.0. The van der Waals surface area contributed by atoms with Crippen LogP contribution in [0.15, 0.2) is 72.8 Å². The first kappa shape index (κ1) is 25.0. The van der Waals surface area contributed by atoms with E-state index in [1.165, 1.54) is 0 Å². The van der Waals surface area contributed by atoms with Crippen molar-refractivity contribution in [2.75, 3.05) is 22.4 Å².